The minimum Gasteiger partial charge on any atom is -0.271 e. The lowest BCUT2D eigenvalue weighted by atomic mass is 10.2. The Morgan fingerprint density at radius 2 is 2.20 bits per heavy atom. The van der Waals surface area contributed by atoms with Crippen molar-refractivity contribution in [2.45, 2.75) is 20.3 Å². The van der Waals surface area contributed by atoms with Gasteiger partial charge in [0.2, 0.25) is 0 Å². The first kappa shape index (κ1) is 11.7. The number of pyridine rings is 1. The van der Waals surface area contributed by atoms with E-state index in [0.717, 1.165) is 12.1 Å². The normalized spacial score (nSPS) is 10.1. The number of rotatable bonds is 4. The number of nitrogens with zero attached hydrogens (tertiary/aromatic N) is 2. The first-order chi connectivity index (χ1) is 7.19. The van der Waals surface area contributed by atoms with E-state index in [2.05, 4.69) is 4.98 Å². The molecule has 0 N–H and O–H groups in total. The maximum atomic E-state index is 11.7. The highest BCUT2D eigenvalue weighted by atomic mass is 16.7. The Kier molecular flexibility index (Phi) is 4.24. The van der Waals surface area contributed by atoms with Gasteiger partial charge in [-0.05, 0) is 25.5 Å². The molecule has 0 aliphatic heterocycles. The third kappa shape index (κ3) is 3.02. The van der Waals surface area contributed by atoms with Gasteiger partial charge in [0.1, 0.15) is 5.69 Å². The van der Waals surface area contributed by atoms with Gasteiger partial charge >= 0.3 is 0 Å². The highest BCUT2D eigenvalue weighted by Crippen LogP contribution is 2.03. The standard InChI is InChI=1S/C11H16N2O2/c1-4-9-7-6-8-10(12-9)11(14)13(3)15-5-2/h6-8H,4-5H2,1-3H3. The highest BCUT2D eigenvalue weighted by Gasteiger charge is 2.13. The van der Waals surface area contributed by atoms with Crippen molar-refractivity contribution in [1.82, 2.24) is 10.0 Å². The molecule has 82 valence electrons. The fraction of sp³-hybridized carbons (Fsp3) is 0.455. The van der Waals surface area contributed by atoms with E-state index in [4.69, 9.17) is 4.84 Å². The second kappa shape index (κ2) is 5.46. The third-order valence-electron chi connectivity index (χ3n) is 2.00. The Morgan fingerprint density at radius 3 is 2.80 bits per heavy atom. The molecular weight excluding hydrogens is 192 g/mol. The van der Waals surface area contributed by atoms with Crippen LogP contribution >= 0.6 is 0 Å². The summed E-state index contributed by atoms with van der Waals surface area (Å²) in [7, 11) is 1.59. The summed E-state index contributed by atoms with van der Waals surface area (Å²) in [5, 5.41) is 1.21. The van der Waals surface area contributed by atoms with Crippen LogP contribution in [0.3, 0.4) is 0 Å². The molecule has 0 bridgehead atoms. The fourth-order valence-electron chi connectivity index (χ4n) is 1.21. The molecule has 0 aliphatic rings. The molecule has 1 rings (SSSR count). The molecule has 0 fully saturated rings. The minimum absolute atomic E-state index is 0.216. The van der Waals surface area contributed by atoms with Gasteiger partial charge in [0.05, 0.1) is 6.61 Å². The van der Waals surface area contributed by atoms with Crippen LogP contribution in [0, 0.1) is 0 Å². The van der Waals surface area contributed by atoms with Crippen LogP contribution < -0.4 is 0 Å². The predicted octanol–water partition coefficient (Wildman–Crippen LogP) is 1.67. The zero-order chi connectivity index (χ0) is 11.3. The molecule has 0 radical (unpaired) electrons. The molecule has 1 heterocycles. The number of hydroxylamine groups is 2. The van der Waals surface area contributed by atoms with Gasteiger partial charge in [-0.1, -0.05) is 13.0 Å². The molecule has 4 nitrogen and oxygen atoms in total. The first-order valence-electron chi connectivity index (χ1n) is 5.06. The summed E-state index contributed by atoms with van der Waals surface area (Å²) in [5.41, 5.74) is 1.33. The van der Waals surface area contributed by atoms with E-state index >= 15 is 0 Å². The molecule has 0 aliphatic carbocycles. The summed E-state index contributed by atoms with van der Waals surface area (Å²) in [6.45, 7) is 4.30. The predicted molar refractivity (Wildman–Crippen MR) is 57.3 cm³/mol. The second-order valence-corrected chi connectivity index (χ2v) is 3.09. The van der Waals surface area contributed by atoms with Crippen molar-refractivity contribution in [3.8, 4) is 0 Å². The van der Waals surface area contributed by atoms with Crippen LogP contribution in [0.1, 0.15) is 30.0 Å². The second-order valence-electron chi connectivity index (χ2n) is 3.09. The molecular formula is C11H16N2O2. The maximum absolute atomic E-state index is 11.7. The number of aromatic nitrogens is 1. The van der Waals surface area contributed by atoms with Gasteiger partial charge in [-0.25, -0.2) is 10.0 Å². The molecule has 0 spiro atoms. The van der Waals surface area contributed by atoms with Gasteiger partial charge in [-0.15, -0.1) is 0 Å². The van der Waals surface area contributed by atoms with Crippen LogP contribution in [-0.4, -0.2) is 29.6 Å². The molecule has 15 heavy (non-hydrogen) atoms. The van der Waals surface area contributed by atoms with E-state index in [1.165, 1.54) is 5.06 Å². The summed E-state index contributed by atoms with van der Waals surface area (Å²) >= 11 is 0. The van der Waals surface area contributed by atoms with Crippen molar-refractivity contribution in [3.05, 3.63) is 29.6 Å². The van der Waals surface area contributed by atoms with E-state index in [9.17, 15) is 4.79 Å². The van der Waals surface area contributed by atoms with Crippen molar-refractivity contribution in [2.24, 2.45) is 0 Å². The Morgan fingerprint density at radius 1 is 1.47 bits per heavy atom. The zero-order valence-corrected chi connectivity index (χ0v) is 9.36. The van der Waals surface area contributed by atoms with Gasteiger partial charge in [0.15, 0.2) is 0 Å². The van der Waals surface area contributed by atoms with E-state index in [-0.39, 0.29) is 5.91 Å². The van der Waals surface area contributed by atoms with Crippen LogP contribution in [0.2, 0.25) is 0 Å². The quantitative estimate of drug-likeness (QED) is 0.707. The van der Waals surface area contributed by atoms with Crippen molar-refractivity contribution in [2.75, 3.05) is 13.7 Å². The van der Waals surface area contributed by atoms with Crippen molar-refractivity contribution in [1.29, 1.82) is 0 Å². The van der Waals surface area contributed by atoms with Crippen LogP contribution in [0.4, 0.5) is 0 Å². The summed E-state index contributed by atoms with van der Waals surface area (Å²) in [6, 6.07) is 5.42. The molecule has 0 saturated heterocycles. The molecule has 0 aromatic carbocycles. The Hall–Kier alpha value is -1.42. The fourth-order valence-corrected chi connectivity index (χ4v) is 1.21. The monoisotopic (exact) mass is 208 g/mol. The molecule has 0 unspecified atom stereocenters. The van der Waals surface area contributed by atoms with Crippen molar-refractivity contribution in [3.63, 3.8) is 0 Å². The Balaban J connectivity index is 2.81. The summed E-state index contributed by atoms with van der Waals surface area (Å²) < 4.78 is 0. The van der Waals surface area contributed by atoms with Crippen molar-refractivity contribution < 1.29 is 9.63 Å². The minimum atomic E-state index is -0.216. The Labute approximate surface area is 89.8 Å². The smallest absolute Gasteiger partial charge is 0.271 e. The third-order valence-corrected chi connectivity index (χ3v) is 2.00. The molecule has 0 saturated carbocycles. The lowest BCUT2D eigenvalue weighted by Gasteiger charge is -2.15. The largest absolute Gasteiger partial charge is 0.295 e. The average molecular weight is 208 g/mol. The van der Waals surface area contributed by atoms with E-state index in [1.807, 2.05) is 26.0 Å². The number of aryl methyl sites for hydroxylation is 1. The van der Waals surface area contributed by atoms with Crippen LogP contribution in [-0.2, 0) is 11.3 Å². The lowest BCUT2D eigenvalue weighted by molar-refractivity contribution is -0.100. The summed E-state index contributed by atoms with van der Waals surface area (Å²) in [6.07, 6.45) is 0.819. The Bertz CT molecular complexity index is 339. The molecule has 4 heteroatoms. The molecule has 1 aromatic rings. The number of carbonyl (C=O) groups is 1. The number of amides is 1. The average Bonchev–Trinajstić information content (AvgIpc) is 2.28. The van der Waals surface area contributed by atoms with E-state index < -0.39 is 0 Å². The maximum Gasteiger partial charge on any atom is 0.295 e. The summed E-state index contributed by atoms with van der Waals surface area (Å²) in [4.78, 5) is 21.0. The van der Waals surface area contributed by atoms with Gasteiger partial charge < -0.3 is 0 Å². The van der Waals surface area contributed by atoms with Gasteiger partial charge in [0, 0.05) is 12.7 Å². The number of carbonyl (C=O) groups excluding carboxylic acids is 1. The molecule has 1 amide bonds. The first-order valence-corrected chi connectivity index (χ1v) is 5.06. The van der Waals surface area contributed by atoms with Crippen LogP contribution in [0.5, 0.6) is 0 Å². The highest BCUT2D eigenvalue weighted by molar-refractivity contribution is 5.91. The van der Waals surface area contributed by atoms with Crippen molar-refractivity contribution >= 4 is 5.91 Å². The lowest BCUT2D eigenvalue weighted by Crippen LogP contribution is -2.27. The zero-order valence-electron chi connectivity index (χ0n) is 9.36. The molecule has 1 aromatic heterocycles. The van der Waals surface area contributed by atoms with E-state index in [1.54, 1.807) is 13.1 Å². The number of hydrogen-bond acceptors (Lipinski definition) is 3. The number of hydrogen-bond donors (Lipinski definition) is 0. The SMILES string of the molecule is CCON(C)C(=O)c1cccc(CC)n1. The topological polar surface area (TPSA) is 42.4 Å². The van der Waals surface area contributed by atoms with Gasteiger partial charge in [0.25, 0.3) is 5.91 Å². The van der Waals surface area contributed by atoms with Crippen LogP contribution in [0.25, 0.3) is 0 Å². The molecule has 0 atom stereocenters. The van der Waals surface area contributed by atoms with E-state index in [0.29, 0.717) is 12.3 Å². The summed E-state index contributed by atoms with van der Waals surface area (Å²) in [5.74, 6) is -0.216. The van der Waals surface area contributed by atoms with Crippen LogP contribution in [0.15, 0.2) is 18.2 Å². The van der Waals surface area contributed by atoms with Gasteiger partial charge in [-0.2, -0.15) is 0 Å². The van der Waals surface area contributed by atoms with Gasteiger partial charge in [-0.3, -0.25) is 9.63 Å².